The highest BCUT2D eigenvalue weighted by molar-refractivity contribution is 5.78. The number of hydrogen-bond donors (Lipinski definition) is 1. The molecular formula is C14H21NO3. The Labute approximate surface area is 108 Å². The van der Waals surface area contributed by atoms with Gasteiger partial charge in [0.15, 0.2) is 0 Å². The first-order valence-corrected chi connectivity index (χ1v) is 6.27. The van der Waals surface area contributed by atoms with Crippen molar-refractivity contribution in [2.24, 2.45) is 0 Å². The quantitative estimate of drug-likeness (QED) is 0.757. The van der Waals surface area contributed by atoms with E-state index in [-0.39, 0.29) is 12.0 Å². The first kappa shape index (κ1) is 14.5. The maximum absolute atomic E-state index is 11.5. The van der Waals surface area contributed by atoms with E-state index in [4.69, 9.17) is 9.47 Å². The van der Waals surface area contributed by atoms with E-state index in [1.54, 1.807) is 13.8 Å². The van der Waals surface area contributed by atoms with Gasteiger partial charge in [-0.2, -0.15) is 0 Å². The van der Waals surface area contributed by atoms with Crippen molar-refractivity contribution in [1.29, 1.82) is 0 Å². The predicted molar refractivity (Wildman–Crippen MR) is 71.5 cm³/mol. The van der Waals surface area contributed by atoms with Crippen molar-refractivity contribution in [2.45, 2.75) is 33.4 Å². The van der Waals surface area contributed by atoms with E-state index >= 15 is 0 Å². The summed E-state index contributed by atoms with van der Waals surface area (Å²) in [6.45, 7) is 7.22. The van der Waals surface area contributed by atoms with Gasteiger partial charge in [-0.05, 0) is 38.5 Å². The number of benzene rings is 1. The average Bonchev–Trinajstić information content (AvgIpc) is 2.37. The van der Waals surface area contributed by atoms with Gasteiger partial charge in [0.05, 0.1) is 13.2 Å². The standard InChI is InChI=1S/C14H21NO3/c1-4-17-10-12-7-6-8-13(9-12)15-11(3)14(16)18-5-2/h6-9,11,15H,4-5,10H2,1-3H3/t11-/m1/s1. The zero-order valence-electron chi connectivity index (χ0n) is 11.2. The Morgan fingerprint density at radius 3 is 2.78 bits per heavy atom. The highest BCUT2D eigenvalue weighted by atomic mass is 16.5. The van der Waals surface area contributed by atoms with Gasteiger partial charge in [0, 0.05) is 12.3 Å². The van der Waals surface area contributed by atoms with Crippen molar-refractivity contribution in [3.63, 3.8) is 0 Å². The molecule has 100 valence electrons. The summed E-state index contributed by atoms with van der Waals surface area (Å²) in [5.41, 5.74) is 1.98. The summed E-state index contributed by atoms with van der Waals surface area (Å²) >= 11 is 0. The Morgan fingerprint density at radius 2 is 2.11 bits per heavy atom. The van der Waals surface area contributed by atoms with Crippen LogP contribution >= 0.6 is 0 Å². The third kappa shape index (κ3) is 4.75. The average molecular weight is 251 g/mol. The molecule has 0 spiro atoms. The number of esters is 1. The molecule has 0 aliphatic rings. The van der Waals surface area contributed by atoms with Crippen LogP contribution < -0.4 is 5.32 Å². The summed E-state index contributed by atoms with van der Waals surface area (Å²) in [7, 11) is 0. The topological polar surface area (TPSA) is 47.6 Å². The molecule has 0 aliphatic heterocycles. The number of rotatable bonds is 7. The second-order valence-corrected chi connectivity index (χ2v) is 3.96. The van der Waals surface area contributed by atoms with Gasteiger partial charge in [-0.1, -0.05) is 12.1 Å². The molecule has 0 heterocycles. The SMILES string of the molecule is CCOCc1cccc(N[C@H](C)C(=O)OCC)c1. The molecule has 18 heavy (non-hydrogen) atoms. The Hall–Kier alpha value is -1.55. The van der Waals surface area contributed by atoms with Gasteiger partial charge < -0.3 is 14.8 Å². The third-order valence-corrected chi connectivity index (χ3v) is 2.42. The van der Waals surface area contributed by atoms with Crippen molar-refractivity contribution >= 4 is 11.7 Å². The maximum atomic E-state index is 11.5. The van der Waals surface area contributed by atoms with Gasteiger partial charge in [-0.3, -0.25) is 0 Å². The monoisotopic (exact) mass is 251 g/mol. The van der Waals surface area contributed by atoms with Gasteiger partial charge in [0.2, 0.25) is 0 Å². The number of carbonyl (C=O) groups is 1. The number of anilines is 1. The van der Waals surface area contributed by atoms with E-state index in [9.17, 15) is 4.79 Å². The fourth-order valence-electron chi connectivity index (χ4n) is 1.55. The lowest BCUT2D eigenvalue weighted by Crippen LogP contribution is -2.28. The third-order valence-electron chi connectivity index (χ3n) is 2.42. The van der Waals surface area contributed by atoms with E-state index in [1.165, 1.54) is 0 Å². The Kier molecular flexibility index (Phi) is 6.22. The van der Waals surface area contributed by atoms with Gasteiger partial charge in [-0.15, -0.1) is 0 Å². The van der Waals surface area contributed by atoms with Crippen molar-refractivity contribution < 1.29 is 14.3 Å². The zero-order chi connectivity index (χ0) is 13.4. The van der Waals surface area contributed by atoms with E-state index in [0.717, 1.165) is 11.3 Å². The molecule has 0 saturated carbocycles. The first-order chi connectivity index (χ1) is 8.67. The molecule has 4 nitrogen and oxygen atoms in total. The summed E-state index contributed by atoms with van der Waals surface area (Å²) in [6, 6.07) is 7.48. The molecule has 1 aromatic carbocycles. The van der Waals surface area contributed by atoms with Crippen LogP contribution in [0, 0.1) is 0 Å². The summed E-state index contributed by atoms with van der Waals surface area (Å²) in [5.74, 6) is -0.243. The molecule has 0 aliphatic carbocycles. The summed E-state index contributed by atoms with van der Waals surface area (Å²) < 4.78 is 10.3. The lowest BCUT2D eigenvalue weighted by Gasteiger charge is -2.14. The van der Waals surface area contributed by atoms with Gasteiger partial charge in [-0.25, -0.2) is 4.79 Å². The Balaban J connectivity index is 2.58. The fourth-order valence-corrected chi connectivity index (χ4v) is 1.55. The van der Waals surface area contributed by atoms with E-state index in [0.29, 0.717) is 19.8 Å². The normalized spacial score (nSPS) is 11.9. The minimum absolute atomic E-state index is 0.243. The van der Waals surface area contributed by atoms with Crippen LogP contribution in [0.3, 0.4) is 0 Å². The molecule has 0 unspecified atom stereocenters. The Morgan fingerprint density at radius 1 is 1.33 bits per heavy atom. The summed E-state index contributed by atoms with van der Waals surface area (Å²) in [4.78, 5) is 11.5. The molecule has 1 rings (SSSR count). The molecule has 4 heteroatoms. The van der Waals surface area contributed by atoms with Crippen molar-refractivity contribution in [2.75, 3.05) is 18.5 Å². The van der Waals surface area contributed by atoms with Gasteiger partial charge >= 0.3 is 5.97 Å². The van der Waals surface area contributed by atoms with Crippen molar-refractivity contribution in [3.8, 4) is 0 Å². The van der Waals surface area contributed by atoms with Crippen LogP contribution in [-0.4, -0.2) is 25.2 Å². The highest BCUT2D eigenvalue weighted by Crippen LogP contribution is 2.13. The zero-order valence-corrected chi connectivity index (χ0v) is 11.2. The molecule has 1 aromatic rings. The van der Waals surface area contributed by atoms with Crippen molar-refractivity contribution in [1.82, 2.24) is 0 Å². The Bertz CT molecular complexity index is 379. The molecule has 1 N–H and O–H groups in total. The summed E-state index contributed by atoms with van der Waals surface area (Å²) in [6.07, 6.45) is 0. The smallest absolute Gasteiger partial charge is 0.328 e. The molecule has 1 atom stereocenters. The number of nitrogens with one attached hydrogen (secondary N) is 1. The van der Waals surface area contributed by atoms with Crippen LogP contribution in [0.25, 0.3) is 0 Å². The number of hydrogen-bond acceptors (Lipinski definition) is 4. The summed E-state index contributed by atoms with van der Waals surface area (Å²) in [5, 5.41) is 3.11. The van der Waals surface area contributed by atoms with Crippen molar-refractivity contribution in [3.05, 3.63) is 29.8 Å². The van der Waals surface area contributed by atoms with Crippen LogP contribution in [-0.2, 0) is 20.9 Å². The minimum atomic E-state index is -0.354. The second-order valence-electron chi connectivity index (χ2n) is 3.96. The highest BCUT2D eigenvalue weighted by Gasteiger charge is 2.13. The molecule has 0 bridgehead atoms. The van der Waals surface area contributed by atoms with Crippen LogP contribution in [0.15, 0.2) is 24.3 Å². The van der Waals surface area contributed by atoms with Crippen LogP contribution in [0.4, 0.5) is 5.69 Å². The molecule has 0 radical (unpaired) electrons. The van der Waals surface area contributed by atoms with Gasteiger partial charge in [0.25, 0.3) is 0 Å². The largest absolute Gasteiger partial charge is 0.464 e. The maximum Gasteiger partial charge on any atom is 0.328 e. The predicted octanol–water partition coefficient (Wildman–Crippen LogP) is 2.59. The lowest BCUT2D eigenvalue weighted by atomic mass is 10.2. The van der Waals surface area contributed by atoms with Crippen LogP contribution in [0.5, 0.6) is 0 Å². The molecule has 0 amide bonds. The molecule has 0 aromatic heterocycles. The molecule has 0 fully saturated rings. The van der Waals surface area contributed by atoms with Crippen LogP contribution in [0.1, 0.15) is 26.3 Å². The number of carbonyl (C=O) groups excluding carboxylic acids is 1. The van der Waals surface area contributed by atoms with E-state index in [2.05, 4.69) is 5.32 Å². The molecular weight excluding hydrogens is 230 g/mol. The number of ether oxygens (including phenoxy) is 2. The lowest BCUT2D eigenvalue weighted by molar-refractivity contribution is -0.143. The molecule has 0 saturated heterocycles. The van der Waals surface area contributed by atoms with E-state index < -0.39 is 0 Å². The van der Waals surface area contributed by atoms with Gasteiger partial charge in [0.1, 0.15) is 6.04 Å². The minimum Gasteiger partial charge on any atom is -0.464 e. The second kappa shape index (κ2) is 7.71. The van der Waals surface area contributed by atoms with Crippen LogP contribution in [0.2, 0.25) is 0 Å². The first-order valence-electron chi connectivity index (χ1n) is 6.27. The fraction of sp³-hybridized carbons (Fsp3) is 0.500. The van der Waals surface area contributed by atoms with E-state index in [1.807, 2.05) is 31.2 Å².